The molecule has 18 heavy (non-hydrogen) atoms. The molecule has 3 nitrogen and oxygen atoms in total. The van der Waals surface area contributed by atoms with E-state index in [1.807, 2.05) is 18.7 Å². The van der Waals surface area contributed by atoms with Crippen molar-refractivity contribution < 1.29 is 4.79 Å². The van der Waals surface area contributed by atoms with Crippen LogP contribution in [0.3, 0.4) is 0 Å². The Bertz CT molecular complexity index is 273. The number of amides is 1. The highest BCUT2D eigenvalue weighted by Crippen LogP contribution is 2.26. The van der Waals surface area contributed by atoms with Gasteiger partial charge in [0.05, 0.1) is 11.7 Å². The van der Waals surface area contributed by atoms with E-state index in [0.717, 1.165) is 43.7 Å². The topological polar surface area (TPSA) is 32.3 Å². The van der Waals surface area contributed by atoms with Gasteiger partial charge in [0.1, 0.15) is 0 Å². The molecule has 0 aromatic heterocycles. The van der Waals surface area contributed by atoms with E-state index in [1.54, 1.807) is 0 Å². The summed E-state index contributed by atoms with van der Waals surface area (Å²) in [6.07, 6.45) is 4.39. The minimum Gasteiger partial charge on any atom is -0.326 e. The van der Waals surface area contributed by atoms with Gasteiger partial charge in [-0.05, 0) is 37.7 Å². The van der Waals surface area contributed by atoms with Crippen LogP contribution in [0.4, 0.5) is 0 Å². The zero-order chi connectivity index (χ0) is 13.6. The Labute approximate surface area is 116 Å². The van der Waals surface area contributed by atoms with E-state index in [0.29, 0.717) is 5.91 Å². The molecule has 0 saturated carbocycles. The lowest BCUT2D eigenvalue weighted by atomic mass is 9.99. The molecule has 0 aromatic carbocycles. The number of thioether (sulfide) groups is 1. The molecule has 1 amide bonds. The summed E-state index contributed by atoms with van der Waals surface area (Å²) in [7, 11) is 0. The van der Waals surface area contributed by atoms with Crippen molar-refractivity contribution in [1.82, 2.24) is 10.2 Å². The number of nitrogens with zero attached hydrogens (tertiary/aromatic N) is 1. The summed E-state index contributed by atoms with van der Waals surface area (Å²) >= 11 is 1.95. The Morgan fingerprint density at radius 1 is 1.39 bits per heavy atom. The van der Waals surface area contributed by atoms with Crippen LogP contribution in [0.1, 0.15) is 53.4 Å². The number of carbonyl (C=O) groups is 1. The molecular formula is C14H28N2OS. The first kappa shape index (κ1) is 15.8. The fourth-order valence-electron chi connectivity index (χ4n) is 2.46. The molecule has 1 heterocycles. The zero-order valence-electron chi connectivity index (χ0n) is 12.3. The molecule has 1 aliphatic rings. The molecule has 1 fully saturated rings. The first-order valence-corrected chi connectivity index (χ1v) is 8.41. The van der Waals surface area contributed by atoms with Gasteiger partial charge >= 0.3 is 0 Å². The van der Waals surface area contributed by atoms with Gasteiger partial charge in [-0.15, -0.1) is 0 Å². The minimum atomic E-state index is -0.336. The van der Waals surface area contributed by atoms with Gasteiger partial charge in [0.2, 0.25) is 5.91 Å². The van der Waals surface area contributed by atoms with Crippen molar-refractivity contribution in [3.63, 3.8) is 0 Å². The van der Waals surface area contributed by atoms with E-state index < -0.39 is 0 Å². The zero-order valence-corrected chi connectivity index (χ0v) is 13.1. The van der Waals surface area contributed by atoms with Crippen molar-refractivity contribution in [2.45, 2.75) is 65.1 Å². The summed E-state index contributed by atoms with van der Waals surface area (Å²) in [5, 5.41) is 3.53. The summed E-state index contributed by atoms with van der Waals surface area (Å²) in [4.78, 5) is 14.5. The number of rotatable bonds is 8. The van der Waals surface area contributed by atoms with Gasteiger partial charge in [0.15, 0.2) is 0 Å². The van der Waals surface area contributed by atoms with E-state index in [4.69, 9.17) is 0 Å². The molecular weight excluding hydrogens is 244 g/mol. The monoisotopic (exact) mass is 272 g/mol. The van der Waals surface area contributed by atoms with Crippen molar-refractivity contribution in [2.75, 3.05) is 18.1 Å². The maximum absolute atomic E-state index is 12.5. The Morgan fingerprint density at radius 2 is 2.11 bits per heavy atom. The van der Waals surface area contributed by atoms with Crippen LogP contribution < -0.4 is 5.32 Å². The SMILES string of the molecule is CCCC1NC(C)(CC)C(=O)N1CCCSCC. The lowest BCUT2D eigenvalue weighted by Gasteiger charge is -2.23. The average molecular weight is 272 g/mol. The van der Waals surface area contributed by atoms with Crippen molar-refractivity contribution >= 4 is 17.7 Å². The van der Waals surface area contributed by atoms with Gasteiger partial charge in [-0.25, -0.2) is 0 Å². The highest BCUT2D eigenvalue weighted by atomic mass is 32.2. The lowest BCUT2D eigenvalue weighted by molar-refractivity contribution is -0.133. The van der Waals surface area contributed by atoms with Crippen LogP contribution in [0.15, 0.2) is 0 Å². The quantitative estimate of drug-likeness (QED) is 0.690. The largest absolute Gasteiger partial charge is 0.326 e. The fourth-order valence-corrected chi connectivity index (χ4v) is 3.08. The Kier molecular flexibility index (Phi) is 6.50. The molecule has 1 N–H and O–H groups in total. The minimum absolute atomic E-state index is 0.249. The molecule has 2 atom stereocenters. The molecule has 0 aromatic rings. The molecule has 0 aliphatic carbocycles. The number of hydrogen-bond acceptors (Lipinski definition) is 3. The van der Waals surface area contributed by atoms with Crippen LogP contribution in [-0.2, 0) is 4.79 Å². The van der Waals surface area contributed by atoms with E-state index in [2.05, 4.69) is 31.0 Å². The lowest BCUT2D eigenvalue weighted by Crippen LogP contribution is -2.43. The van der Waals surface area contributed by atoms with Gasteiger partial charge in [0.25, 0.3) is 0 Å². The van der Waals surface area contributed by atoms with E-state index in [-0.39, 0.29) is 11.7 Å². The summed E-state index contributed by atoms with van der Waals surface area (Å²) in [5.74, 6) is 2.61. The van der Waals surface area contributed by atoms with E-state index >= 15 is 0 Å². The van der Waals surface area contributed by atoms with Gasteiger partial charge in [-0.2, -0.15) is 11.8 Å². The normalized spacial score (nSPS) is 28.1. The van der Waals surface area contributed by atoms with Crippen molar-refractivity contribution in [1.29, 1.82) is 0 Å². The Balaban J connectivity index is 2.57. The van der Waals surface area contributed by atoms with Crippen molar-refractivity contribution in [3.8, 4) is 0 Å². The fraction of sp³-hybridized carbons (Fsp3) is 0.929. The van der Waals surface area contributed by atoms with Crippen LogP contribution in [0.5, 0.6) is 0 Å². The molecule has 106 valence electrons. The van der Waals surface area contributed by atoms with Crippen LogP contribution >= 0.6 is 11.8 Å². The first-order valence-electron chi connectivity index (χ1n) is 7.25. The van der Waals surface area contributed by atoms with E-state index in [9.17, 15) is 4.79 Å². The number of hydrogen-bond donors (Lipinski definition) is 1. The Morgan fingerprint density at radius 3 is 2.67 bits per heavy atom. The maximum atomic E-state index is 12.5. The third kappa shape index (κ3) is 3.64. The molecule has 2 unspecified atom stereocenters. The molecule has 0 bridgehead atoms. The predicted molar refractivity (Wildman–Crippen MR) is 79.9 cm³/mol. The van der Waals surface area contributed by atoms with E-state index in [1.165, 1.54) is 0 Å². The molecule has 1 saturated heterocycles. The molecule has 1 aliphatic heterocycles. The third-order valence-corrected chi connectivity index (χ3v) is 4.74. The summed E-state index contributed by atoms with van der Waals surface area (Å²) < 4.78 is 0. The van der Waals surface area contributed by atoms with Crippen molar-refractivity contribution in [2.24, 2.45) is 0 Å². The van der Waals surface area contributed by atoms with Crippen LogP contribution in [0.25, 0.3) is 0 Å². The summed E-state index contributed by atoms with van der Waals surface area (Å²) in [6.45, 7) is 9.39. The smallest absolute Gasteiger partial charge is 0.243 e. The second kappa shape index (κ2) is 7.39. The number of nitrogens with one attached hydrogen (secondary N) is 1. The third-order valence-electron chi connectivity index (χ3n) is 3.76. The average Bonchev–Trinajstić information content (AvgIpc) is 2.60. The maximum Gasteiger partial charge on any atom is 0.243 e. The van der Waals surface area contributed by atoms with Crippen molar-refractivity contribution in [3.05, 3.63) is 0 Å². The number of carbonyl (C=O) groups excluding carboxylic acids is 1. The molecule has 0 radical (unpaired) electrons. The summed E-state index contributed by atoms with van der Waals surface area (Å²) in [6, 6.07) is 0. The second-order valence-corrected chi connectivity index (χ2v) is 6.58. The highest BCUT2D eigenvalue weighted by Gasteiger charge is 2.45. The van der Waals surface area contributed by atoms with Gasteiger partial charge in [0, 0.05) is 6.54 Å². The van der Waals surface area contributed by atoms with Gasteiger partial charge in [-0.3, -0.25) is 10.1 Å². The highest BCUT2D eigenvalue weighted by molar-refractivity contribution is 7.99. The van der Waals surface area contributed by atoms with Crippen LogP contribution in [0, 0.1) is 0 Å². The van der Waals surface area contributed by atoms with Crippen LogP contribution in [0.2, 0.25) is 0 Å². The van der Waals surface area contributed by atoms with Crippen LogP contribution in [-0.4, -0.2) is 40.6 Å². The van der Waals surface area contributed by atoms with Gasteiger partial charge < -0.3 is 4.90 Å². The summed E-state index contributed by atoms with van der Waals surface area (Å²) in [5.41, 5.74) is -0.336. The second-order valence-electron chi connectivity index (χ2n) is 5.18. The molecule has 4 heteroatoms. The molecule has 0 spiro atoms. The predicted octanol–water partition coefficient (Wildman–Crippen LogP) is 2.86. The Hall–Kier alpha value is -0.220. The standard InChI is InChI=1S/C14H28N2OS/c1-5-9-12-15-14(4,6-2)13(17)16(12)10-8-11-18-7-3/h12,15H,5-11H2,1-4H3. The van der Waals surface area contributed by atoms with Gasteiger partial charge in [-0.1, -0.05) is 27.2 Å². The molecule has 1 rings (SSSR count). The first-order chi connectivity index (χ1) is 8.59.